The van der Waals surface area contributed by atoms with E-state index < -0.39 is 10.0 Å². The molecule has 2 amide bonds. The summed E-state index contributed by atoms with van der Waals surface area (Å²) in [5.41, 5.74) is 1.51. The molecule has 0 aromatic heterocycles. The van der Waals surface area contributed by atoms with Crippen LogP contribution in [-0.4, -0.2) is 50.8 Å². The Labute approximate surface area is 176 Å². The molecule has 3 rings (SSSR count). The molecule has 1 aliphatic heterocycles. The van der Waals surface area contributed by atoms with E-state index in [1.165, 1.54) is 28.6 Å². The van der Waals surface area contributed by atoms with E-state index in [1.54, 1.807) is 36.9 Å². The van der Waals surface area contributed by atoms with Gasteiger partial charge in [0.15, 0.2) is 6.61 Å². The molecule has 0 saturated carbocycles. The van der Waals surface area contributed by atoms with E-state index in [-0.39, 0.29) is 23.3 Å². The van der Waals surface area contributed by atoms with E-state index in [1.807, 2.05) is 6.92 Å². The number of sulfonamides is 1. The monoisotopic (exact) mass is 431 g/mol. The standard InChI is InChI=1S/C21H25N3O5S/c1-4-23(5-2)30(27,28)17-10-7-15(8-11-17)21(26)22-16-9-12-18-19(13-16)29-14-20(25)24(18)6-3/h7-13H,4-6,14H2,1-3H3,(H,22,26). The molecule has 0 fully saturated rings. The van der Waals surface area contributed by atoms with Gasteiger partial charge in [-0.3, -0.25) is 9.59 Å². The number of nitrogens with one attached hydrogen (secondary N) is 1. The number of amides is 2. The molecule has 2 aromatic rings. The maximum Gasteiger partial charge on any atom is 0.265 e. The summed E-state index contributed by atoms with van der Waals surface area (Å²) in [6.45, 7) is 6.68. The van der Waals surface area contributed by atoms with Crippen LogP contribution in [0.4, 0.5) is 11.4 Å². The molecule has 9 heteroatoms. The highest BCUT2D eigenvalue weighted by Crippen LogP contribution is 2.34. The van der Waals surface area contributed by atoms with Gasteiger partial charge in [-0.05, 0) is 43.3 Å². The van der Waals surface area contributed by atoms with Crippen LogP contribution in [-0.2, 0) is 14.8 Å². The van der Waals surface area contributed by atoms with E-state index in [9.17, 15) is 18.0 Å². The van der Waals surface area contributed by atoms with Crippen molar-refractivity contribution in [2.75, 3.05) is 36.5 Å². The molecular weight excluding hydrogens is 406 g/mol. The van der Waals surface area contributed by atoms with Crippen LogP contribution in [0.5, 0.6) is 5.75 Å². The largest absolute Gasteiger partial charge is 0.481 e. The van der Waals surface area contributed by atoms with Crippen LogP contribution < -0.4 is 15.0 Å². The van der Waals surface area contributed by atoms with Gasteiger partial charge >= 0.3 is 0 Å². The summed E-state index contributed by atoms with van der Waals surface area (Å²) < 4.78 is 32.0. The summed E-state index contributed by atoms with van der Waals surface area (Å²) in [7, 11) is -3.57. The first-order chi connectivity index (χ1) is 14.3. The molecule has 0 spiro atoms. The minimum absolute atomic E-state index is 0.0410. The summed E-state index contributed by atoms with van der Waals surface area (Å²) >= 11 is 0. The maximum absolute atomic E-state index is 12.6. The normalized spacial score (nSPS) is 13.7. The fourth-order valence-electron chi connectivity index (χ4n) is 3.32. The summed E-state index contributed by atoms with van der Waals surface area (Å²) in [5.74, 6) is 0.0393. The number of hydrogen-bond donors (Lipinski definition) is 1. The van der Waals surface area contributed by atoms with E-state index in [2.05, 4.69) is 5.32 Å². The van der Waals surface area contributed by atoms with Crippen molar-refractivity contribution in [1.82, 2.24) is 4.31 Å². The first kappa shape index (κ1) is 21.8. The quantitative estimate of drug-likeness (QED) is 0.727. The topological polar surface area (TPSA) is 96.0 Å². The zero-order chi connectivity index (χ0) is 21.9. The fourth-order valence-corrected chi connectivity index (χ4v) is 4.78. The van der Waals surface area contributed by atoms with Crippen molar-refractivity contribution in [3.8, 4) is 5.75 Å². The molecule has 1 aliphatic rings. The van der Waals surface area contributed by atoms with Crippen LogP contribution in [0.1, 0.15) is 31.1 Å². The van der Waals surface area contributed by atoms with Crippen LogP contribution in [0.25, 0.3) is 0 Å². The van der Waals surface area contributed by atoms with E-state index in [4.69, 9.17) is 4.74 Å². The first-order valence-corrected chi connectivity index (χ1v) is 11.2. The van der Waals surface area contributed by atoms with Crippen molar-refractivity contribution in [2.45, 2.75) is 25.7 Å². The average molecular weight is 432 g/mol. The molecule has 1 heterocycles. The van der Waals surface area contributed by atoms with Gasteiger partial charge in [0.05, 0.1) is 10.6 Å². The lowest BCUT2D eigenvalue weighted by Crippen LogP contribution is -2.38. The predicted octanol–water partition coefficient (Wildman–Crippen LogP) is 2.71. The zero-order valence-electron chi connectivity index (χ0n) is 17.2. The van der Waals surface area contributed by atoms with Gasteiger partial charge in [-0.15, -0.1) is 0 Å². The highest BCUT2D eigenvalue weighted by atomic mass is 32.2. The third-order valence-electron chi connectivity index (χ3n) is 4.94. The van der Waals surface area contributed by atoms with Gasteiger partial charge in [-0.25, -0.2) is 8.42 Å². The third-order valence-corrected chi connectivity index (χ3v) is 7.00. The first-order valence-electron chi connectivity index (χ1n) is 9.80. The third kappa shape index (κ3) is 4.17. The smallest absolute Gasteiger partial charge is 0.265 e. The lowest BCUT2D eigenvalue weighted by atomic mass is 10.2. The molecule has 160 valence electrons. The Morgan fingerprint density at radius 3 is 2.37 bits per heavy atom. The van der Waals surface area contributed by atoms with Gasteiger partial charge in [-0.2, -0.15) is 4.31 Å². The van der Waals surface area contributed by atoms with Gasteiger partial charge < -0.3 is 15.0 Å². The van der Waals surface area contributed by atoms with Crippen molar-refractivity contribution in [3.05, 3.63) is 48.0 Å². The zero-order valence-corrected chi connectivity index (χ0v) is 18.0. The number of carbonyl (C=O) groups is 2. The molecule has 0 aliphatic carbocycles. The van der Waals surface area contributed by atoms with E-state index >= 15 is 0 Å². The molecule has 0 saturated heterocycles. The highest BCUT2D eigenvalue weighted by Gasteiger charge is 2.25. The molecule has 8 nitrogen and oxygen atoms in total. The second-order valence-corrected chi connectivity index (χ2v) is 8.61. The van der Waals surface area contributed by atoms with Crippen molar-refractivity contribution >= 4 is 33.2 Å². The lowest BCUT2D eigenvalue weighted by molar-refractivity contribution is -0.121. The minimum atomic E-state index is -3.57. The molecule has 30 heavy (non-hydrogen) atoms. The maximum atomic E-state index is 12.6. The van der Waals surface area contributed by atoms with E-state index in [0.717, 1.165) is 0 Å². The number of rotatable bonds is 7. The van der Waals surface area contributed by atoms with Gasteiger partial charge in [0, 0.05) is 37.0 Å². The van der Waals surface area contributed by atoms with Gasteiger partial charge in [-0.1, -0.05) is 13.8 Å². The summed E-state index contributed by atoms with van der Waals surface area (Å²) in [5, 5.41) is 2.77. The van der Waals surface area contributed by atoms with Gasteiger partial charge in [0.1, 0.15) is 5.75 Å². The highest BCUT2D eigenvalue weighted by molar-refractivity contribution is 7.89. The van der Waals surface area contributed by atoms with Crippen LogP contribution in [0.3, 0.4) is 0 Å². The molecule has 0 radical (unpaired) electrons. The van der Waals surface area contributed by atoms with Crippen molar-refractivity contribution in [3.63, 3.8) is 0 Å². The average Bonchev–Trinajstić information content (AvgIpc) is 2.74. The van der Waals surface area contributed by atoms with Crippen molar-refractivity contribution in [2.24, 2.45) is 0 Å². The second-order valence-electron chi connectivity index (χ2n) is 6.68. The van der Waals surface area contributed by atoms with Crippen molar-refractivity contribution < 1.29 is 22.7 Å². The van der Waals surface area contributed by atoms with Crippen molar-refractivity contribution in [1.29, 1.82) is 0 Å². The number of ether oxygens (including phenoxy) is 1. The number of nitrogens with zero attached hydrogens (tertiary/aromatic N) is 2. The predicted molar refractivity (Wildman–Crippen MR) is 114 cm³/mol. The van der Waals surface area contributed by atoms with Gasteiger partial charge in [0.2, 0.25) is 10.0 Å². The Kier molecular flexibility index (Phi) is 6.42. The Hall–Kier alpha value is -2.91. The fraction of sp³-hybridized carbons (Fsp3) is 0.333. The van der Waals surface area contributed by atoms with Crippen LogP contribution in [0.15, 0.2) is 47.4 Å². The Morgan fingerprint density at radius 1 is 1.10 bits per heavy atom. The number of carbonyl (C=O) groups excluding carboxylic acids is 2. The molecule has 0 atom stereocenters. The molecule has 2 aromatic carbocycles. The van der Waals surface area contributed by atoms with Gasteiger partial charge in [0.25, 0.3) is 11.8 Å². The van der Waals surface area contributed by atoms with Crippen LogP contribution in [0, 0.1) is 0 Å². The molecule has 1 N–H and O–H groups in total. The lowest BCUT2D eigenvalue weighted by Gasteiger charge is -2.28. The molecule has 0 unspecified atom stereocenters. The second kappa shape index (κ2) is 8.85. The molecule has 0 bridgehead atoms. The van der Waals surface area contributed by atoms with Crippen LogP contribution in [0.2, 0.25) is 0 Å². The Balaban J connectivity index is 1.76. The summed E-state index contributed by atoms with van der Waals surface area (Å²) in [6.07, 6.45) is 0. The number of fused-ring (bicyclic) bond motifs is 1. The number of hydrogen-bond acceptors (Lipinski definition) is 5. The SMILES string of the molecule is CCN1C(=O)COc2cc(NC(=O)c3ccc(S(=O)(=O)N(CC)CC)cc3)ccc21. The van der Waals surface area contributed by atoms with E-state index in [0.29, 0.717) is 42.3 Å². The number of benzene rings is 2. The molecular formula is C21H25N3O5S. The van der Waals surface area contributed by atoms with Crippen LogP contribution >= 0.6 is 0 Å². The Bertz CT molecular complexity index is 1050. The summed E-state index contributed by atoms with van der Waals surface area (Å²) in [6, 6.07) is 10.9. The number of likely N-dealkylation sites (N-methyl/N-ethyl adjacent to an activating group) is 1. The Morgan fingerprint density at radius 2 is 1.77 bits per heavy atom. The number of anilines is 2. The summed E-state index contributed by atoms with van der Waals surface area (Å²) in [4.78, 5) is 26.3. The minimum Gasteiger partial charge on any atom is -0.481 e.